The van der Waals surface area contributed by atoms with Crippen LogP contribution >= 0.6 is 0 Å². The van der Waals surface area contributed by atoms with E-state index in [4.69, 9.17) is 9.47 Å². The fourth-order valence-corrected chi connectivity index (χ4v) is 1.91. The molecule has 106 valence electrons. The summed E-state index contributed by atoms with van der Waals surface area (Å²) in [6.07, 6.45) is 0.954. The molecular formula is C13H14N2O5. The predicted molar refractivity (Wildman–Crippen MR) is 68.5 cm³/mol. The van der Waals surface area contributed by atoms with E-state index >= 15 is 0 Å². The van der Waals surface area contributed by atoms with Gasteiger partial charge in [-0.25, -0.2) is 0 Å². The summed E-state index contributed by atoms with van der Waals surface area (Å²) in [4.78, 5) is 31.4. The first-order chi connectivity index (χ1) is 9.56. The number of rotatable bonds is 3. The second-order valence-electron chi connectivity index (χ2n) is 4.20. The quantitative estimate of drug-likeness (QED) is 0.502. The molecule has 1 heterocycles. The molecule has 1 saturated carbocycles. The number of methoxy groups -OCH3 is 2. The number of aliphatic hydroxyl groups is 1. The molecule has 1 aromatic rings. The van der Waals surface area contributed by atoms with Crippen LogP contribution in [0, 0.1) is 0 Å². The van der Waals surface area contributed by atoms with Crippen LogP contribution in [-0.2, 0) is 9.59 Å². The van der Waals surface area contributed by atoms with Crippen LogP contribution in [-0.4, -0.2) is 40.9 Å². The number of hydrogen-bond donors (Lipinski definition) is 1. The SMILES string of the molecule is COc1cc(OC)nc(C(O)=C2C(=O)CCCC2=O)n1. The Bertz CT molecular complexity index is 554. The summed E-state index contributed by atoms with van der Waals surface area (Å²) in [5.41, 5.74) is -0.244. The van der Waals surface area contributed by atoms with Crippen LogP contribution in [0.2, 0.25) is 0 Å². The van der Waals surface area contributed by atoms with Gasteiger partial charge in [0.1, 0.15) is 5.57 Å². The maximum Gasteiger partial charge on any atom is 0.220 e. The van der Waals surface area contributed by atoms with Gasteiger partial charge in [-0.2, -0.15) is 9.97 Å². The predicted octanol–water partition coefficient (Wildman–Crippen LogP) is 1.08. The highest BCUT2D eigenvalue weighted by Gasteiger charge is 2.29. The van der Waals surface area contributed by atoms with Gasteiger partial charge in [0.15, 0.2) is 17.3 Å². The number of aliphatic hydroxyl groups excluding tert-OH is 1. The lowest BCUT2D eigenvalue weighted by molar-refractivity contribution is -0.123. The molecule has 0 bridgehead atoms. The van der Waals surface area contributed by atoms with E-state index in [1.165, 1.54) is 20.3 Å². The molecule has 1 fully saturated rings. The zero-order chi connectivity index (χ0) is 14.7. The molecule has 0 amide bonds. The Morgan fingerprint density at radius 3 is 2.05 bits per heavy atom. The smallest absolute Gasteiger partial charge is 0.220 e. The molecule has 7 nitrogen and oxygen atoms in total. The van der Waals surface area contributed by atoms with Gasteiger partial charge < -0.3 is 14.6 Å². The maximum atomic E-state index is 11.8. The summed E-state index contributed by atoms with van der Waals surface area (Å²) in [6.45, 7) is 0. The summed E-state index contributed by atoms with van der Waals surface area (Å²) in [5.74, 6) is -1.17. The summed E-state index contributed by atoms with van der Waals surface area (Å²) >= 11 is 0. The van der Waals surface area contributed by atoms with Crippen LogP contribution in [0.5, 0.6) is 11.8 Å². The highest BCUT2D eigenvalue weighted by Crippen LogP contribution is 2.25. The van der Waals surface area contributed by atoms with E-state index in [1.54, 1.807) is 0 Å². The molecule has 0 saturated heterocycles. The van der Waals surface area contributed by atoms with Crippen molar-refractivity contribution in [2.45, 2.75) is 19.3 Å². The molecule has 7 heteroatoms. The van der Waals surface area contributed by atoms with Crippen molar-refractivity contribution in [2.75, 3.05) is 14.2 Å². The van der Waals surface area contributed by atoms with Crippen LogP contribution in [0.15, 0.2) is 11.6 Å². The topological polar surface area (TPSA) is 98.6 Å². The first kappa shape index (κ1) is 14.0. The zero-order valence-electron chi connectivity index (χ0n) is 11.2. The second-order valence-corrected chi connectivity index (χ2v) is 4.20. The van der Waals surface area contributed by atoms with E-state index in [0.29, 0.717) is 6.42 Å². The van der Waals surface area contributed by atoms with Crippen molar-refractivity contribution in [1.29, 1.82) is 0 Å². The summed E-state index contributed by atoms with van der Waals surface area (Å²) in [7, 11) is 2.79. The van der Waals surface area contributed by atoms with Crippen molar-refractivity contribution in [1.82, 2.24) is 9.97 Å². The number of hydrogen-bond acceptors (Lipinski definition) is 7. The normalized spacial score (nSPS) is 15.2. The van der Waals surface area contributed by atoms with Crippen LogP contribution in [0.25, 0.3) is 5.76 Å². The number of ketones is 2. The molecule has 0 unspecified atom stereocenters. The highest BCUT2D eigenvalue weighted by molar-refractivity contribution is 6.25. The van der Waals surface area contributed by atoms with Crippen molar-refractivity contribution >= 4 is 17.3 Å². The van der Waals surface area contributed by atoms with E-state index < -0.39 is 17.3 Å². The second kappa shape index (κ2) is 5.68. The maximum absolute atomic E-state index is 11.8. The Morgan fingerprint density at radius 2 is 1.60 bits per heavy atom. The summed E-state index contributed by atoms with van der Waals surface area (Å²) in [6, 6.07) is 1.42. The Morgan fingerprint density at radius 1 is 1.10 bits per heavy atom. The Hall–Kier alpha value is -2.44. The molecule has 1 aliphatic rings. The molecule has 2 rings (SSSR count). The number of carbonyl (C=O) groups is 2. The fourth-order valence-electron chi connectivity index (χ4n) is 1.91. The van der Waals surface area contributed by atoms with Gasteiger partial charge in [-0.15, -0.1) is 0 Å². The van der Waals surface area contributed by atoms with Gasteiger partial charge in [0.05, 0.1) is 20.3 Å². The van der Waals surface area contributed by atoms with E-state index in [9.17, 15) is 14.7 Å². The van der Waals surface area contributed by atoms with Crippen LogP contribution in [0.3, 0.4) is 0 Å². The average Bonchev–Trinajstić information content (AvgIpc) is 2.46. The van der Waals surface area contributed by atoms with Crippen molar-refractivity contribution < 1.29 is 24.2 Å². The lowest BCUT2D eigenvalue weighted by atomic mass is 9.91. The van der Waals surface area contributed by atoms with Crippen LogP contribution in [0.4, 0.5) is 0 Å². The Kier molecular flexibility index (Phi) is 3.97. The van der Waals surface area contributed by atoms with Gasteiger partial charge >= 0.3 is 0 Å². The van der Waals surface area contributed by atoms with Gasteiger partial charge in [-0.05, 0) is 6.42 Å². The molecule has 20 heavy (non-hydrogen) atoms. The number of allylic oxidation sites excluding steroid dienone is 1. The number of nitrogens with zero attached hydrogens (tertiary/aromatic N) is 2. The van der Waals surface area contributed by atoms with Gasteiger partial charge in [0, 0.05) is 12.8 Å². The molecule has 0 radical (unpaired) electrons. The van der Waals surface area contributed by atoms with Crippen LogP contribution in [0.1, 0.15) is 25.1 Å². The van der Waals surface area contributed by atoms with Gasteiger partial charge in [0.25, 0.3) is 0 Å². The van der Waals surface area contributed by atoms with Crippen LogP contribution < -0.4 is 9.47 Å². The zero-order valence-corrected chi connectivity index (χ0v) is 11.2. The molecular weight excluding hydrogens is 264 g/mol. The molecule has 1 aliphatic carbocycles. The minimum Gasteiger partial charge on any atom is -0.504 e. The minimum absolute atomic E-state index is 0.162. The number of ether oxygens (including phenoxy) is 2. The molecule has 1 N–H and O–H groups in total. The number of aromatic nitrogens is 2. The summed E-state index contributed by atoms with van der Waals surface area (Å²) in [5, 5.41) is 10.1. The lowest BCUT2D eigenvalue weighted by Gasteiger charge is -2.13. The third-order valence-corrected chi connectivity index (χ3v) is 2.91. The van der Waals surface area contributed by atoms with Crippen molar-refractivity contribution in [2.24, 2.45) is 0 Å². The minimum atomic E-state index is -0.531. The standard InChI is InChI=1S/C13H14N2O5/c1-19-9-6-10(20-2)15-13(14-9)12(18)11-7(16)4-3-5-8(11)17/h6,18H,3-5H2,1-2H3. The summed E-state index contributed by atoms with van der Waals surface area (Å²) < 4.78 is 9.91. The third-order valence-electron chi connectivity index (χ3n) is 2.91. The molecule has 0 atom stereocenters. The fraction of sp³-hybridized carbons (Fsp3) is 0.385. The monoisotopic (exact) mass is 278 g/mol. The van der Waals surface area contributed by atoms with Gasteiger partial charge in [0.2, 0.25) is 17.6 Å². The lowest BCUT2D eigenvalue weighted by Crippen LogP contribution is -2.21. The van der Waals surface area contributed by atoms with E-state index in [1.807, 2.05) is 0 Å². The van der Waals surface area contributed by atoms with E-state index in [2.05, 4.69) is 9.97 Å². The third kappa shape index (κ3) is 2.61. The number of Topliss-reactive ketones (excluding diaryl/α,β-unsaturated/α-hetero) is 2. The molecule has 0 aliphatic heterocycles. The van der Waals surface area contributed by atoms with Gasteiger partial charge in [-0.3, -0.25) is 9.59 Å². The van der Waals surface area contributed by atoms with E-state index in [-0.39, 0.29) is 36.0 Å². The number of carbonyl (C=O) groups excluding carboxylic acids is 2. The first-order valence-corrected chi connectivity index (χ1v) is 6.04. The molecule has 0 spiro atoms. The average molecular weight is 278 g/mol. The van der Waals surface area contributed by atoms with Crippen molar-refractivity contribution in [3.05, 3.63) is 17.5 Å². The van der Waals surface area contributed by atoms with E-state index in [0.717, 1.165) is 0 Å². The molecule has 1 aromatic heterocycles. The Labute approximate surface area is 115 Å². The first-order valence-electron chi connectivity index (χ1n) is 6.04. The van der Waals surface area contributed by atoms with Crippen molar-refractivity contribution in [3.8, 4) is 11.8 Å². The highest BCUT2D eigenvalue weighted by atomic mass is 16.5. The van der Waals surface area contributed by atoms with Crippen molar-refractivity contribution in [3.63, 3.8) is 0 Å². The Balaban J connectivity index is 2.53. The van der Waals surface area contributed by atoms with Gasteiger partial charge in [-0.1, -0.05) is 0 Å². The molecule has 0 aromatic carbocycles. The largest absolute Gasteiger partial charge is 0.504 e.